The van der Waals surface area contributed by atoms with Crippen LogP contribution in [0.4, 0.5) is 11.4 Å². The van der Waals surface area contributed by atoms with E-state index in [1.165, 1.54) is 31.5 Å². The number of hydrogen-bond acceptors (Lipinski definition) is 5. The zero-order valence-corrected chi connectivity index (χ0v) is 12.3. The van der Waals surface area contributed by atoms with Gasteiger partial charge in [-0.1, -0.05) is 23.7 Å². The number of non-ortho nitro benzene ring substituents is 1. The maximum Gasteiger partial charge on any atom is 0.340 e. The van der Waals surface area contributed by atoms with Crippen LogP contribution in [0.3, 0.4) is 0 Å². The Hall–Kier alpha value is -2.73. The van der Waals surface area contributed by atoms with Crippen molar-refractivity contribution < 1.29 is 14.5 Å². The largest absolute Gasteiger partial charge is 0.465 e. The third-order valence-corrected chi connectivity index (χ3v) is 3.03. The average Bonchev–Trinajstić information content (AvgIpc) is 2.53. The van der Waals surface area contributed by atoms with Crippen molar-refractivity contribution in [1.29, 1.82) is 0 Å². The lowest BCUT2D eigenvalue weighted by atomic mass is 10.1. The van der Waals surface area contributed by atoms with Gasteiger partial charge in [0, 0.05) is 23.4 Å². The minimum absolute atomic E-state index is 0.0340. The summed E-state index contributed by atoms with van der Waals surface area (Å²) in [5.74, 6) is -0.561. The molecule has 7 heteroatoms. The molecule has 0 bridgehead atoms. The van der Waals surface area contributed by atoms with E-state index in [4.69, 9.17) is 11.6 Å². The van der Waals surface area contributed by atoms with Gasteiger partial charge in [0.1, 0.15) is 0 Å². The van der Waals surface area contributed by atoms with Crippen molar-refractivity contribution in [2.24, 2.45) is 4.99 Å². The second kappa shape index (κ2) is 6.82. The van der Waals surface area contributed by atoms with Crippen molar-refractivity contribution in [2.75, 3.05) is 7.11 Å². The Morgan fingerprint density at radius 3 is 2.77 bits per heavy atom. The summed E-state index contributed by atoms with van der Waals surface area (Å²) in [6, 6.07) is 10.6. The van der Waals surface area contributed by atoms with Gasteiger partial charge in [-0.3, -0.25) is 15.1 Å². The zero-order chi connectivity index (χ0) is 16.1. The Labute approximate surface area is 131 Å². The van der Waals surface area contributed by atoms with Crippen LogP contribution in [0.2, 0.25) is 5.02 Å². The van der Waals surface area contributed by atoms with E-state index in [9.17, 15) is 14.9 Å². The molecular weight excluding hydrogens is 308 g/mol. The molecule has 0 N–H and O–H groups in total. The minimum atomic E-state index is -0.561. The lowest BCUT2D eigenvalue weighted by Crippen LogP contribution is -2.01. The smallest absolute Gasteiger partial charge is 0.340 e. The van der Waals surface area contributed by atoms with Crippen LogP contribution < -0.4 is 0 Å². The molecule has 0 heterocycles. The molecule has 0 spiro atoms. The highest BCUT2D eigenvalue weighted by atomic mass is 35.5. The third kappa shape index (κ3) is 3.67. The predicted molar refractivity (Wildman–Crippen MR) is 83.1 cm³/mol. The number of benzene rings is 2. The van der Waals surface area contributed by atoms with E-state index in [2.05, 4.69) is 9.73 Å². The number of halogens is 1. The summed E-state index contributed by atoms with van der Waals surface area (Å²) in [5, 5.41) is 11.1. The number of carbonyl (C=O) groups excluding carboxylic acids is 1. The van der Waals surface area contributed by atoms with Crippen molar-refractivity contribution >= 4 is 35.2 Å². The van der Waals surface area contributed by atoms with Gasteiger partial charge in [-0.15, -0.1) is 0 Å². The van der Waals surface area contributed by atoms with Gasteiger partial charge in [-0.05, 0) is 23.8 Å². The molecule has 0 saturated carbocycles. The molecule has 6 nitrogen and oxygen atoms in total. The summed E-state index contributed by atoms with van der Waals surface area (Å²) in [6.45, 7) is 0. The highest BCUT2D eigenvalue weighted by Gasteiger charge is 2.12. The van der Waals surface area contributed by atoms with Gasteiger partial charge in [0.25, 0.3) is 5.69 Å². The molecule has 22 heavy (non-hydrogen) atoms. The summed E-state index contributed by atoms with van der Waals surface area (Å²) in [4.78, 5) is 26.1. The Kier molecular flexibility index (Phi) is 4.85. The molecule has 2 aromatic rings. The fourth-order valence-corrected chi connectivity index (χ4v) is 1.93. The van der Waals surface area contributed by atoms with Crippen molar-refractivity contribution in [1.82, 2.24) is 0 Å². The number of ether oxygens (including phenoxy) is 1. The van der Waals surface area contributed by atoms with Gasteiger partial charge in [0.2, 0.25) is 0 Å². The molecule has 0 saturated heterocycles. The number of nitrogens with zero attached hydrogens (tertiary/aromatic N) is 2. The molecule has 0 radical (unpaired) electrons. The van der Waals surface area contributed by atoms with Crippen LogP contribution >= 0.6 is 11.6 Å². The number of hydrogen-bond donors (Lipinski definition) is 0. The van der Waals surface area contributed by atoms with E-state index in [1.807, 2.05) is 0 Å². The lowest BCUT2D eigenvalue weighted by Gasteiger charge is -2.04. The third-order valence-electron chi connectivity index (χ3n) is 2.80. The number of rotatable bonds is 4. The van der Waals surface area contributed by atoms with Crippen LogP contribution in [0.15, 0.2) is 47.5 Å². The molecule has 0 fully saturated rings. The minimum Gasteiger partial charge on any atom is -0.465 e. The molecule has 0 atom stereocenters. The summed E-state index contributed by atoms with van der Waals surface area (Å²) < 4.78 is 4.67. The van der Waals surface area contributed by atoms with Crippen LogP contribution in [-0.2, 0) is 4.74 Å². The maximum atomic E-state index is 11.7. The summed E-state index contributed by atoms with van der Waals surface area (Å²) >= 11 is 5.86. The first-order chi connectivity index (χ1) is 10.5. The fraction of sp³-hybridized carbons (Fsp3) is 0.0667. The second-order valence-corrected chi connectivity index (χ2v) is 4.70. The van der Waals surface area contributed by atoms with E-state index < -0.39 is 10.9 Å². The van der Waals surface area contributed by atoms with Crippen molar-refractivity contribution in [2.45, 2.75) is 0 Å². The highest BCUT2D eigenvalue weighted by molar-refractivity contribution is 6.31. The van der Waals surface area contributed by atoms with Gasteiger partial charge in [0.15, 0.2) is 0 Å². The quantitative estimate of drug-likeness (QED) is 0.372. The summed E-state index contributed by atoms with van der Waals surface area (Å²) in [7, 11) is 1.26. The number of carbonyl (C=O) groups is 1. The standard InChI is InChI=1S/C15H11ClN2O4/c1-22-15(19)13-8-11(16)5-6-14(13)17-9-10-3-2-4-12(7-10)18(20)21/h2-9H,1H3. The predicted octanol–water partition coefficient (Wildman–Crippen LogP) is 3.79. The van der Waals surface area contributed by atoms with Crippen molar-refractivity contribution in [3.63, 3.8) is 0 Å². The van der Waals surface area contributed by atoms with Crippen LogP contribution in [0.1, 0.15) is 15.9 Å². The van der Waals surface area contributed by atoms with Crippen molar-refractivity contribution in [3.05, 3.63) is 68.7 Å². The Bertz CT molecular complexity index is 759. The lowest BCUT2D eigenvalue weighted by molar-refractivity contribution is -0.384. The Balaban J connectivity index is 2.36. The first kappa shape index (κ1) is 15.7. The molecule has 2 aromatic carbocycles. The Morgan fingerprint density at radius 2 is 2.09 bits per heavy atom. The van der Waals surface area contributed by atoms with E-state index in [0.29, 0.717) is 16.3 Å². The first-order valence-electron chi connectivity index (χ1n) is 6.17. The second-order valence-electron chi connectivity index (χ2n) is 4.26. The average molecular weight is 319 g/mol. The number of nitro benzene ring substituents is 1. The SMILES string of the molecule is COC(=O)c1cc(Cl)ccc1N=Cc1cccc([N+](=O)[O-])c1. The summed E-state index contributed by atoms with van der Waals surface area (Å²) in [5.41, 5.74) is 1.09. The van der Waals surface area contributed by atoms with Gasteiger partial charge >= 0.3 is 5.97 Å². The van der Waals surface area contributed by atoms with Crippen LogP contribution in [-0.4, -0.2) is 24.2 Å². The van der Waals surface area contributed by atoms with Crippen LogP contribution in [0, 0.1) is 10.1 Å². The number of esters is 1. The van der Waals surface area contributed by atoms with E-state index in [0.717, 1.165) is 0 Å². The normalized spacial score (nSPS) is 10.6. The molecule has 0 unspecified atom stereocenters. The fourth-order valence-electron chi connectivity index (χ4n) is 1.76. The molecule has 0 aliphatic rings. The van der Waals surface area contributed by atoms with E-state index in [-0.39, 0.29) is 11.3 Å². The molecule has 0 aliphatic heterocycles. The molecule has 0 aromatic heterocycles. The monoisotopic (exact) mass is 318 g/mol. The number of nitro groups is 1. The van der Waals surface area contributed by atoms with Gasteiger partial charge < -0.3 is 4.74 Å². The molecule has 0 aliphatic carbocycles. The summed E-state index contributed by atoms with van der Waals surface area (Å²) in [6.07, 6.45) is 1.43. The van der Waals surface area contributed by atoms with Crippen LogP contribution in [0.25, 0.3) is 0 Å². The van der Waals surface area contributed by atoms with Gasteiger partial charge in [0.05, 0.1) is 23.3 Å². The number of methoxy groups -OCH3 is 1. The van der Waals surface area contributed by atoms with E-state index in [1.54, 1.807) is 24.3 Å². The van der Waals surface area contributed by atoms with Gasteiger partial charge in [-0.2, -0.15) is 0 Å². The van der Waals surface area contributed by atoms with Crippen LogP contribution in [0.5, 0.6) is 0 Å². The van der Waals surface area contributed by atoms with Crippen molar-refractivity contribution in [3.8, 4) is 0 Å². The Morgan fingerprint density at radius 1 is 1.32 bits per heavy atom. The van der Waals surface area contributed by atoms with E-state index >= 15 is 0 Å². The highest BCUT2D eigenvalue weighted by Crippen LogP contribution is 2.24. The molecular formula is C15H11ClN2O4. The molecule has 112 valence electrons. The first-order valence-corrected chi connectivity index (χ1v) is 6.55. The van der Waals surface area contributed by atoms with Gasteiger partial charge in [-0.25, -0.2) is 4.79 Å². The molecule has 2 rings (SSSR count). The maximum absolute atomic E-state index is 11.7. The number of aliphatic imine (C=N–C) groups is 1. The zero-order valence-electron chi connectivity index (χ0n) is 11.5. The topological polar surface area (TPSA) is 81.8 Å². The molecule has 0 amide bonds.